The van der Waals surface area contributed by atoms with Crippen LogP contribution in [0.15, 0.2) is 47.4 Å². The number of amides is 1. The van der Waals surface area contributed by atoms with Gasteiger partial charge in [-0.05, 0) is 80.7 Å². The van der Waals surface area contributed by atoms with Crippen LogP contribution in [0.25, 0.3) is 0 Å². The molecular weight excluding hydrogens is 488 g/mol. The molecular formula is C29H36N2O5S. The van der Waals surface area contributed by atoms with Gasteiger partial charge >= 0.3 is 0 Å². The average Bonchev–Trinajstić information content (AvgIpc) is 3.41. The minimum absolute atomic E-state index is 0.0389. The first-order valence-corrected chi connectivity index (χ1v) is 15.0. The van der Waals surface area contributed by atoms with E-state index in [1.807, 2.05) is 0 Å². The second-order valence-corrected chi connectivity index (χ2v) is 13.1. The number of hydrogen-bond donors (Lipinski definition) is 2. The lowest BCUT2D eigenvalue weighted by atomic mass is 9.92. The molecule has 0 unspecified atom stereocenters. The van der Waals surface area contributed by atoms with Crippen LogP contribution in [0.1, 0.15) is 84.9 Å². The summed E-state index contributed by atoms with van der Waals surface area (Å²) >= 11 is 0. The lowest BCUT2D eigenvalue weighted by molar-refractivity contribution is 0.0969. The van der Waals surface area contributed by atoms with Crippen LogP contribution in [0.4, 0.5) is 11.4 Å². The number of carbonyl (C=O) groups is 2. The van der Waals surface area contributed by atoms with Crippen LogP contribution < -0.4 is 10.2 Å². The Morgan fingerprint density at radius 3 is 2.41 bits per heavy atom. The number of carbonyl (C=O) groups excluding carboxylic acids is 2. The normalized spacial score (nSPS) is 19.2. The van der Waals surface area contributed by atoms with Crippen LogP contribution in [-0.4, -0.2) is 50.2 Å². The zero-order valence-corrected chi connectivity index (χ0v) is 22.1. The zero-order chi connectivity index (χ0) is 26.0. The van der Waals surface area contributed by atoms with E-state index in [1.165, 1.54) is 12.8 Å². The van der Waals surface area contributed by atoms with Gasteiger partial charge in [-0.15, -0.1) is 0 Å². The molecule has 3 fully saturated rings. The van der Waals surface area contributed by atoms with Crippen LogP contribution in [0.5, 0.6) is 0 Å². The van der Waals surface area contributed by atoms with Gasteiger partial charge in [0, 0.05) is 37.4 Å². The first kappa shape index (κ1) is 25.9. The summed E-state index contributed by atoms with van der Waals surface area (Å²) in [5, 5.41) is 11.7. The van der Waals surface area contributed by atoms with Gasteiger partial charge in [-0.1, -0.05) is 25.0 Å². The maximum absolute atomic E-state index is 13.5. The Kier molecular flexibility index (Phi) is 7.41. The monoisotopic (exact) mass is 524 g/mol. The number of Topliss-reactive ketones (excluding diaryl/α,β-unsaturated/α-hetero) is 1. The van der Waals surface area contributed by atoms with E-state index < -0.39 is 9.84 Å². The molecule has 0 radical (unpaired) electrons. The number of sulfone groups is 1. The van der Waals surface area contributed by atoms with E-state index in [0.717, 1.165) is 44.5 Å². The lowest BCUT2D eigenvalue weighted by Crippen LogP contribution is -2.35. The van der Waals surface area contributed by atoms with Crippen molar-refractivity contribution in [1.29, 1.82) is 0 Å². The smallest absolute Gasteiger partial charge is 0.257 e. The molecule has 0 bridgehead atoms. The number of hydrogen-bond acceptors (Lipinski definition) is 6. The van der Waals surface area contributed by atoms with Gasteiger partial charge in [0.1, 0.15) is 0 Å². The molecule has 0 aromatic heterocycles. The third-order valence-electron chi connectivity index (χ3n) is 8.41. The van der Waals surface area contributed by atoms with Crippen LogP contribution in [0, 0.1) is 5.41 Å². The Balaban J connectivity index is 1.39. The van der Waals surface area contributed by atoms with Crippen molar-refractivity contribution in [2.24, 2.45) is 5.41 Å². The molecule has 1 amide bonds. The van der Waals surface area contributed by atoms with E-state index in [9.17, 15) is 18.0 Å². The van der Waals surface area contributed by atoms with E-state index >= 15 is 0 Å². The number of ketones is 1. The molecule has 7 nitrogen and oxygen atoms in total. The number of benzene rings is 2. The summed E-state index contributed by atoms with van der Waals surface area (Å²) in [4.78, 5) is 28.6. The van der Waals surface area contributed by atoms with Crippen LogP contribution in [0.3, 0.4) is 0 Å². The molecule has 2 saturated carbocycles. The van der Waals surface area contributed by atoms with Crippen molar-refractivity contribution in [2.75, 3.05) is 29.9 Å². The van der Waals surface area contributed by atoms with Crippen molar-refractivity contribution in [2.45, 2.75) is 74.4 Å². The van der Waals surface area contributed by atoms with Gasteiger partial charge in [0.25, 0.3) is 5.91 Å². The Morgan fingerprint density at radius 2 is 1.73 bits per heavy atom. The average molecular weight is 525 g/mol. The highest BCUT2D eigenvalue weighted by molar-refractivity contribution is 7.92. The molecule has 1 saturated heterocycles. The van der Waals surface area contributed by atoms with Crippen molar-refractivity contribution in [3.63, 3.8) is 0 Å². The predicted octanol–water partition coefficient (Wildman–Crippen LogP) is 4.99. The first-order valence-electron chi connectivity index (χ1n) is 13.5. The Hall–Kier alpha value is -2.71. The Labute approximate surface area is 219 Å². The van der Waals surface area contributed by atoms with E-state index in [2.05, 4.69) is 10.2 Å². The Bertz CT molecular complexity index is 1270. The van der Waals surface area contributed by atoms with Crippen molar-refractivity contribution in [3.8, 4) is 0 Å². The fraction of sp³-hybridized carbons (Fsp3) is 0.517. The van der Waals surface area contributed by atoms with Gasteiger partial charge in [-0.25, -0.2) is 8.42 Å². The second kappa shape index (κ2) is 10.6. The predicted molar refractivity (Wildman–Crippen MR) is 144 cm³/mol. The van der Waals surface area contributed by atoms with Crippen LogP contribution in [-0.2, 0) is 9.84 Å². The molecule has 5 rings (SSSR count). The summed E-state index contributed by atoms with van der Waals surface area (Å²) in [5.74, 6) is -0.380. The molecule has 8 heteroatoms. The highest BCUT2D eigenvalue weighted by atomic mass is 32.2. The highest BCUT2D eigenvalue weighted by Gasteiger charge is 2.44. The van der Waals surface area contributed by atoms with Gasteiger partial charge in [0.15, 0.2) is 15.6 Å². The second-order valence-electron chi connectivity index (χ2n) is 10.9. The maximum Gasteiger partial charge on any atom is 0.257 e. The maximum atomic E-state index is 13.5. The summed E-state index contributed by atoms with van der Waals surface area (Å²) in [7, 11) is -3.43. The number of anilines is 2. The van der Waals surface area contributed by atoms with Crippen molar-refractivity contribution in [1.82, 2.24) is 0 Å². The molecule has 3 aliphatic rings. The third kappa shape index (κ3) is 5.60. The van der Waals surface area contributed by atoms with Crippen molar-refractivity contribution in [3.05, 3.63) is 53.6 Å². The van der Waals surface area contributed by atoms with Gasteiger partial charge in [-0.3, -0.25) is 9.59 Å². The zero-order valence-electron chi connectivity index (χ0n) is 21.2. The van der Waals surface area contributed by atoms with Gasteiger partial charge in [-0.2, -0.15) is 0 Å². The van der Waals surface area contributed by atoms with Crippen LogP contribution >= 0.6 is 0 Å². The van der Waals surface area contributed by atoms with Crippen molar-refractivity contribution < 1.29 is 23.1 Å². The molecule has 198 valence electrons. The van der Waals surface area contributed by atoms with E-state index in [-0.39, 0.29) is 34.9 Å². The summed E-state index contributed by atoms with van der Waals surface area (Å²) in [6.45, 7) is 1.64. The third-order valence-corrected chi connectivity index (χ3v) is 10.7. The number of aliphatic hydroxyl groups excluding tert-OH is 1. The molecule has 37 heavy (non-hydrogen) atoms. The molecule has 2 aromatic rings. The van der Waals surface area contributed by atoms with Gasteiger partial charge in [0.05, 0.1) is 21.4 Å². The number of nitrogens with zero attached hydrogens (tertiary/aromatic N) is 1. The summed E-state index contributed by atoms with van der Waals surface area (Å²) < 4.78 is 26.1. The minimum Gasteiger partial charge on any atom is -0.396 e. The highest BCUT2D eigenvalue weighted by Crippen LogP contribution is 2.54. The Morgan fingerprint density at radius 1 is 1.00 bits per heavy atom. The summed E-state index contributed by atoms with van der Waals surface area (Å²) in [6.07, 6.45) is 8.59. The first-order chi connectivity index (χ1) is 17.8. The minimum atomic E-state index is -3.43. The largest absolute Gasteiger partial charge is 0.396 e. The van der Waals surface area contributed by atoms with Crippen molar-refractivity contribution >= 4 is 32.9 Å². The standard InChI is InChI=1S/C29H36N2O5S/c32-18-4-9-27(33)21-10-11-25(26(19-21)31-16-14-29(12-13-29)15-17-31)28(34)30-22-5-3-8-24(20-22)37(35,36)23-6-1-2-7-23/h3,5,8,10-11,19-20,23,32H,1-2,4,6-7,9,12-18H2,(H,30,34). The fourth-order valence-corrected chi connectivity index (χ4v) is 7.68. The van der Waals surface area contributed by atoms with E-state index in [1.54, 1.807) is 42.5 Å². The van der Waals surface area contributed by atoms with Gasteiger partial charge < -0.3 is 15.3 Å². The molecule has 2 aliphatic carbocycles. The molecule has 1 aliphatic heterocycles. The number of piperidine rings is 1. The summed E-state index contributed by atoms with van der Waals surface area (Å²) in [5.41, 5.74) is 2.65. The number of aliphatic hydroxyl groups is 1. The summed E-state index contributed by atoms with van der Waals surface area (Å²) in [6, 6.07) is 11.7. The molecule has 2 N–H and O–H groups in total. The molecule has 0 atom stereocenters. The quantitative estimate of drug-likeness (QED) is 0.448. The van der Waals surface area contributed by atoms with E-state index in [0.29, 0.717) is 41.5 Å². The molecule has 2 aromatic carbocycles. The molecule has 1 spiro atoms. The fourth-order valence-electron chi connectivity index (χ4n) is 5.78. The SMILES string of the molecule is O=C(CCCO)c1ccc(C(=O)Nc2cccc(S(=O)(=O)C3CCCC3)c2)c(N2CCC3(CC2)CC3)c1. The lowest BCUT2D eigenvalue weighted by Gasteiger charge is -2.35. The van der Waals surface area contributed by atoms with E-state index in [4.69, 9.17) is 5.11 Å². The molecule has 1 heterocycles. The van der Waals surface area contributed by atoms with Crippen LogP contribution in [0.2, 0.25) is 0 Å². The number of rotatable bonds is 9. The topological polar surface area (TPSA) is 104 Å². The number of nitrogens with one attached hydrogen (secondary N) is 1. The van der Waals surface area contributed by atoms with Gasteiger partial charge in [0.2, 0.25) is 0 Å².